The van der Waals surface area contributed by atoms with Gasteiger partial charge in [0.05, 0.1) is 25.9 Å². The summed E-state index contributed by atoms with van der Waals surface area (Å²) >= 11 is 0. The van der Waals surface area contributed by atoms with E-state index < -0.39 is 0 Å². The molecule has 3 aromatic rings. The Labute approximate surface area is 159 Å². The van der Waals surface area contributed by atoms with E-state index in [-0.39, 0.29) is 0 Å². The maximum absolute atomic E-state index is 9.11. The third kappa shape index (κ3) is 4.77. The first-order valence-corrected chi connectivity index (χ1v) is 8.65. The van der Waals surface area contributed by atoms with E-state index in [1.165, 1.54) is 5.56 Å². The number of hydrogen-bond donors (Lipinski definition) is 1. The molecule has 0 spiro atoms. The van der Waals surface area contributed by atoms with Gasteiger partial charge in [0.2, 0.25) is 5.88 Å². The number of hydrogen-bond acceptors (Lipinski definition) is 5. The Bertz CT molecular complexity index is 947. The first-order chi connectivity index (χ1) is 13.2. The molecular formula is C22H21N3O2. The second-order valence-electron chi connectivity index (χ2n) is 6.00. The molecule has 1 aromatic heterocycles. The Kier molecular flexibility index (Phi) is 5.91. The van der Waals surface area contributed by atoms with Gasteiger partial charge in [-0.15, -0.1) is 0 Å². The molecule has 0 amide bonds. The lowest BCUT2D eigenvalue weighted by molar-refractivity contribution is 0.398. The fourth-order valence-corrected chi connectivity index (χ4v) is 2.76. The van der Waals surface area contributed by atoms with Crippen LogP contribution in [-0.2, 0) is 6.42 Å². The van der Waals surface area contributed by atoms with E-state index in [2.05, 4.69) is 28.5 Å². The van der Waals surface area contributed by atoms with E-state index in [1.54, 1.807) is 20.3 Å². The lowest BCUT2D eigenvalue weighted by atomic mass is 10.0. The van der Waals surface area contributed by atoms with Crippen LogP contribution in [-0.4, -0.2) is 25.7 Å². The van der Waals surface area contributed by atoms with E-state index in [4.69, 9.17) is 14.7 Å². The van der Waals surface area contributed by atoms with Crippen molar-refractivity contribution in [3.8, 4) is 28.8 Å². The number of anilines is 1. The maximum atomic E-state index is 9.11. The Morgan fingerprint density at radius 3 is 2.48 bits per heavy atom. The minimum atomic E-state index is 0.529. The number of nitrogens with one attached hydrogen (secondary N) is 1. The molecule has 27 heavy (non-hydrogen) atoms. The van der Waals surface area contributed by atoms with Crippen LogP contribution >= 0.6 is 0 Å². The number of aromatic nitrogens is 1. The van der Waals surface area contributed by atoms with Crippen molar-refractivity contribution in [2.75, 3.05) is 26.1 Å². The first kappa shape index (κ1) is 18.3. The average Bonchev–Trinajstić information content (AvgIpc) is 2.74. The van der Waals surface area contributed by atoms with E-state index in [9.17, 15) is 0 Å². The summed E-state index contributed by atoms with van der Waals surface area (Å²) in [4.78, 5) is 4.46. The molecule has 0 unspecified atom stereocenters. The van der Waals surface area contributed by atoms with Crippen molar-refractivity contribution in [1.82, 2.24) is 4.98 Å². The van der Waals surface area contributed by atoms with Gasteiger partial charge in [0.15, 0.2) is 0 Å². The lowest BCUT2D eigenvalue weighted by Gasteiger charge is -2.11. The predicted octanol–water partition coefficient (Wildman–Crippen LogP) is 4.29. The summed E-state index contributed by atoms with van der Waals surface area (Å²) in [6.07, 6.45) is 0.863. The quantitative estimate of drug-likeness (QED) is 0.681. The Morgan fingerprint density at radius 2 is 1.78 bits per heavy atom. The number of methoxy groups -OCH3 is 2. The highest BCUT2D eigenvalue weighted by Gasteiger charge is 2.06. The van der Waals surface area contributed by atoms with E-state index in [0.29, 0.717) is 11.4 Å². The fraction of sp³-hybridized carbons (Fsp3) is 0.182. The van der Waals surface area contributed by atoms with Gasteiger partial charge in [-0.1, -0.05) is 24.3 Å². The SMILES string of the molecule is COc1ccc(CCNc2cc(-c3cccc(C#N)c3)cc(OC)n2)cc1. The second-order valence-corrected chi connectivity index (χ2v) is 6.00. The molecule has 0 radical (unpaired) electrons. The molecule has 0 bridgehead atoms. The van der Waals surface area contributed by atoms with Crippen LogP contribution in [0.2, 0.25) is 0 Å². The standard InChI is InChI=1S/C22H21N3O2/c1-26-20-8-6-16(7-9-20)10-11-24-21-13-19(14-22(25-21)27-2)18-5-3-4-17(12-18)15-23/h3-9,12-14H,10-11H2,1-2H3,(H,24,25). The average molecular weight is 359 g/mol. The molecule has 0 atom stereocenters. The van der Waals surface area contributed by atoms with Crippen molar-refractivity contribution in [2.45, 2.75) is 6.42 Å². The summed E-state index contributed by atoms with van der Waals surface area (Å²) in [5, 5.41) is 12.5. The van der Waals surface area contributed by atoms with Gasteiger partial charge in [-0.25, -0.2) is 0 Å². The zero-order chi connectivity index (χ0) is 19.1. The molecular weight excluding hydrogens is 338 g/mol. The van der Waals surface area contributed by atoms with Gasteiger partial charge in [0.1, 0.15) is 11.6 Å². The van der Waals surface area contributed by atoms with Crippen molar-refractivity contribution >= 4 is 5.82 Å². The molecule has 2 aromatic carbocycles. The Hall–Kier alpha value is -3.52. The minimum Gasteiger partial charge on any atom is -0.497 e. The van der Waals surface area contributed by atoms with Crippen LogP contribution in [0.15, 0.2) is 60.7 Å². The van der Waals surface area contributed by atoms with Gasteiger partial charge in [-0.05, 0) is 53.4 Å². The summed E-state index contributed by atoms with van der Waals surface area (Å²) in [6, 6.07) is 21.5. The van der Waals surface area contributed by atoms with Gasteiger partial charge in [0.25, 0.3) is 0 Å². The first-order valence-electron chi connectivity index (χ1n) is 8.65. The lowest BCUT2D eigenvalue weighted by Crippen LogP contribution is -2.07. The molecule has 0 fully saturated rings. The van der Waals surface area contributed by atoms with Crippen LogP contribution in [0.4, 0.5) is 5.82 Å². The van der Waals surface area contributed by atoms with Gasteiger partial charge in [0, 0.05) is 12.6 Å². The molecule has 0 saturated carbocycles. The van der Waals surface area contributed by atoms with Crippen LogP contribution in [0.5, 0.6) is 11.6 Å². The van der Waals surface area contributed by atoms with Crippen molar-refractivity contribution in [2.24, 2.45) is 0 Å². The third-order valence-corrected chi connectivity index (χ3v) is 4.21. The molecule has 0 saturated heterocycles. The number of nitrogens with zero attached hydrogens (tertiary/aromatic N) is 2. The summed E-state index contributed by atoms with van der Waals surface area (Å²) in [6.45, 7) is 0.740. The Morgan fingerprint density at radius 1 is 0.963 bits per heavy atom. The second kappa shape index (κ2) is 8.72. The van der Waals surface area contributed by atoms with Crippen LogP contribution in [0.3, 0.4) is 0 Å². The highest BCUT2D eigenvalue weighted by atomic mass is 16.5. The minimum absolute atomic E-state index is 0.529. The van der Waals surface area contributed by atoms with E-state index in [0.717, 1.165) is 35.7 Å². The molecule has 5 nitrogen and oxygen atoms in total. The number of pyridine rings is 1. The molecule has 0 aliphatic carbocycles. The predicted molar refractivity (Wildman–Crippen MR) is 106 cm³/mol. The normalized spacial score (nSPS) is 10.1. The molecule has 0 aliphatic heterocycles. The smallest absolute Gasteiger partial charge is 0.215 e. The largest absolute Gasteiger partial charge is 0.497 e. The zero-order valence-electron chi connectivity index (χ0n) is 15.4. The maximum Gasteiger partial charge on any atom is 0.215 e. The van der Waals surface area contributed by atoms with Gasteiger partial charge in [-0.3, -0.25) is 0 Å². The molecule has 1 heterocycles. The number of nitriles is 1. The van der Waals surface area contributed by atoms with Gasteiger partial charge < -0.3 is 14.8 Å². The number of benzene rings is 2. The van der Waals surface area contributed by atoms with Crippen molar-refractivity contribution in [3.05, 3.63) is 71.8 Å². The Balaban J connectivity index is 1.73. The summed E-state index contributed by atoms with van der Waals surface area (Å²) in [7, 11) is 3.26. The highest BCUT2D eigenvalue weighted by molar-refractivity contribution is 5.69. The summed E-state index contributed by atoms with van der Waals surface area (Å²) < 4.78 is 10.5. The van der Waals surface area contributed by atoms with E-state index >= 15 is 0 Å². The van der Waals surface area contributed by atoms with Gasteiger partial charge in [-0.2, -0.15) is 10.2 Å². The van der Waals surface area contributed by atoms with Crippen molar-refractivity contribution < 1.29 is 9.47 Å². The fourth-order valence-electron chi connectivity index (χ4n) is 2.76. The highest BCUT2D eigenvalue weighted by Crippen LogP contribution is 2.26. The molecule has 5 heteroatoms. The number of ether oxygens (including phenoxy) is 2. The van der Waals surface area contributed by atoms with E-state index in [1.807, 2.05) is 42.5 Å². The molecule has 0 aliphatic rings. The summed E-state index contributed by atoms with van der Waals surface area (Å²) in [5.74, 6) is 2.12. The van der Waals surface area contributed by atoms with Gasteiger partial charge >= 0.3 is 0 Å². The van der Waals surface area contributed by atoms with Crippen molar-refractivity contribution in [3.63, 3.8) is 0 Å². The van der Waals surface area contributed by atoms with Crippen LogP contribution in [0.25, 0.3) is 11.1 Å². The van der Waals surface area contributed by atoms with Crippen LogP contribution < -0.4 is 14.8 Å². The topological polar surface area (TPSA) is 67.2 Å². The van der Waals surface area contributed by atoms with Crippen LogP contribution in [0, 0.1) is 11.3 Å². The number of rotatable bonds is 7. The molecule has 3 rings (SSSR count). The van der Waals surface area contributed by atoms with Crippen LogP contribution in [0.1, 0.15) is 11.1 Å². The van der Waals surface area contributed by atoms with Crippen molar-refractivity contribution in [1.29, 1.82) is 5.26 Å². The monoisotopic (exact) mass is 359 g/mol. The molecule has 1 N–H and O–H groups in total. The molecule has 136 valence electrons. The summed E-state index contributed by atoms with van der Waals surface area (Å²) in [5.41, 5.74) is 3.74. The zero-order valence-corrected chi connectivity index (χ0v) is 15.4. The third-order valence-electron chi connectivity index (χ3n) is 4.21.